The summed E-state index contributed by atoms with van der Waals surface area (Å²) in [5, 5.41) is 3.24. The number of anilines is 2. The second-order valence-corrected chi connectivity index (χ2v) is 4.82. The van der Waals surface area contributed by atoms with Crippen molar-refractivity contribution in [1.29, 1.82) is 0 Å². The lowest BCUT2D eigenvalue weighted by molar-refractivity contribution is 0.631. The number of para-hydroxylation sites is 2. The lowest BCUT2D eigenvalue weighted by Gasteiger charge is -2.22. The summed E-state index contributed by atoms with van der Waals surface area (Å²) in [4.78, 5) is 8.77. The molecule has 0 aliphatic rings. The number of benzene rings is 1. The number of nitrogens with two attached hydrogens (primary N) is 1. The fourth-order valence-electron chi connectivity index (χ4n) is 1.46. The van der Waals surface area contributed by atoms with Gasteiger partial charge in [0.25, 0.3) is 0 Å². The second kappa shape index (κ2) is 3.63. The van der Waals surface area contributed by atoms with Crippen LogP contribution in [0.3, 0.4) is 0 Å². The highest BCUT2D eigenvalue weighted by Gasteiger charge is 2.13. The Bertz CT molecular complexity index is 514. The predicted octanol–water partition coefficient (Wildman–Crippen LogP) is 2.42. The van der Waals surface area contributed by atoms with Crippen LogP contribution in [0.1, 0.15) is 20.8 Å². The zero-order valence-electron chi connectivity index (χ0n) is 9.78. The number of hydrogen-bond donors (Lipinski definition) is 2. The van der Waals surface area contributed by atoms with Crippen LogP contribution in [0.4, 0.5) is 11.6 Å². The number of nitrogen functional groups attached to an aromatic ring is 1. The molecule has 1 heterocycles. The summed E-state index contributed by atoms with van der Waals surface area (Å²) in [6.07, 6.45) is 0. The third-order valence-corrected chi connectivity index (χ3v) is 2.09. The first-order valence-corrected chi connectivity index (χ1v) is 5.26. The van der Waals surface area contributed by atoms with E-state index >= 15 is 0 Å². The molecule has 2 aromatic rings. The zero-order valence-corrected chi connectivity index (χ0v) is 9.78. The Hall–Kier alpha value is -1.84. The average molecular weight is 216 g/mol. The van der Waals surface area contributed by atoms with Gasteiger partial charge in [0.15, 0.2) is 11.6 Å². The van der Waals surface area contributed by atoms with Crippen LogP contribution in [0.15, 0.2) is 24.3 Å². The van der Waals surface area contributed by atoms with Gasteiger partial charge in [-0.25, -0.2) is 9.97 Å². The molecule has 4 heteroatoms. The highest BCUT2D eigenvalue weighted by Crippen LogP contribution is 2.21. The number of nitrogens with zero attached hydrogens (tertiary/aromatic N) is 2. The summed E-state index contributed by atoms with van der Waals surface area (Å²) in [6, 6.07) is 7.69. The van der Waals surface area contributed by atoms with E-state index in [-0.39, 0.29) is 5.54 Å². The maximum Gasteiger partial charge on any atom is 0.169 e. The molecular weight excluding hydrogens is 200 g/mol. The maximum absolute atomic E-state index is 5.86. The van der Waals surface area contributed by atoms with Crippen molar-refractivity contribution in [2.24, 2.45) is 0 Å². The molecule has 84 valence electrons. The third kappa shape index (κ3) is 2.21. The van der Waals surface area contributed by atoms with E-state index in [4.69, 9.17) is 5.73 Å². The normalized spacial score (nSPS) is 11.7. The van der Waals surface area contributed by atoms with Gasteiger partial charge in [-0.2, -0.15) is 0 Å². The van der Waals surface area contributed by atoms with Crippen molar-refractivity contribution >= 4 is 22.7 Å². The Morgan fingerprint density at radius 1 is 1.06 bits per heavy atom. The first kappa shape index (κ1) is 10.7. The first-order chi connectivity index (χ1) is 7.46. The minimum Gasteiger partial charge on any atom is -0.381 e. The minimum absolute atomic E-state index is 0.0781. The van der Waals surface area contributed by atoms with Crippen LogP contribution in [0, 0.1) is 0 Å². The first-order valence-electron chi connectivity index (χ1n) is 5.26. The molecule has 0 amide bonds. The van der Waals surface area contributed by atoms with Crippen molar-refractivity contribution < 1.29 is 0 Å². The van der Waals surface area contributed by atoms with Crippen molar-refractivity contribution in [3.05, 3.63) is 24.3 Å². The summed E-state index contributed by atoms with van der Waals surface area (Å²) >= 11 is 0. The van der Waals surface area contributed by atoms with Crippen LogP contribution in [0.25, 0.3) is 11.0 Å². The quantitative estimate of drug-likeness (QED) is 0.768. The molecule has 0 saturated carbocycles. The van der Waals surface area contributed by atoms with Crippen molar-refractivity contribution in [1.82, 2.24) is 9.97 Å². The van der Waals surface area contributed by atoms with E-state index in [0.717, 1.165) is 11.0 Å². The highest BCUT2D eigenvalue weighted by atomic mass is 15.1. The van der Waals surface area contributed by atoms with Crippen molar-refractivity contribution in [3.63, 3.8) is 0 Å². The van der Waals surface area contributed by atoms with Crippen molar-refractivity contribution in [2.45, 2.75) is 26.3 Å². The monoisotopic (exact) mass is 216 g/mol. The number of hydrogen-bond acceptors (Lipinski definition) is 4. The number of rotatable bonds is 1. The van der Waals surface area contributed by atoms with Crippen LogP contribution in [0.5, 0.6) is 0 Å². The summed E-state index contributed by atoms with van der Waals surface area (Å²) in [5.41, 5.74) is 7.45. The fourth-order valence-corrected chi connectivity index (χ4v) is 1.46. The molecular formula is C12H16N4. The Kier molecular flexibility index (Phi) is 2.42. The van der Waals surface area contributed by atoms with Gasteiger partial charge < -0.3 is 11.1 Å². The molecule has 2 rings (SSSR count). The molecule has 0 aliphatic carbocycles. The Morgan fingerprint density at radius 3 is 2.19 bits per heavy atom. The molecule has 0 radical (unpaired) electrons. The largest absolute Gasteiger partial charge is 0.381 e. The van der Waals surface area contributed by atoms with Crippen LogP contribution in [-0.4, -0.2) is 15.5 Å². The Morgan fingerprint density at radius 2 is 1.62 bits per heavy atom. The summed E-state index contributed by atoms with van der Waals surface area (Å²) in [5.74, 6) is 1.08. The lowest BCUT2D eigenvalue weighted by Crippen LogP contribution is -2.27. The van der Waals surface area contributed by atoms with E-state index in [0.29, 0.717) is 11.6 Å². The van der Waals surface area contributed by atoms with Gasteiger partial charge in [0.05, 0.1) is 11.0 Å². The van der Waals surface area contributed by atoms with Gasteiger partial charge in [0.2, 0.25) is 0 Å². The van der Waals surface area contributed by atoms with Gasteiger partial charge in [-0.1, -0.05) is 12.1 Å². The fraction of sp³-hybridized carbons (Fsp3) is 0.333. The molecule has 1 aromatic heterocycles. The molecule has 0 fully saturated rings. The number of fused-ring (bicyclic) bond motifs is 1. The molecule has 1 aromatic carbocycles. The molecule has 4 nitrogen and oxygen atoms in total. The zero-order chi connectivity index (χ0) is 11.8. The Balaban J connectivity index is 2.50. The van der Waals surface area contributed by atoms with Gasteiger partial charge in [-0.15, -0.1) is 0 Å². The summed E-state index contributed by atoms with van der Waals surface area (Å²) < 4.78 is 0. The van der Waals surface area contributed by atoms with Gasteiger partial charge >= 0.3 is 0 Å². The van der Waals surface area contributed by atoms with E-state index in [1.165, 1.54) is 0 Å². The minimum atomic E-state index is -0.0781. The summed E-state index contributed by atoms with van der Waals surface area (Å²) in [6.45, 7) is 6.18. The number of aromatic nitrogens is 2. The molecule has 16 heavy (non-hydrogen) atoms. The molecule has 0 spiro atoms. The molecule has 0 saturated heterocycles. The summed E-state index contributed by atoms with van der Waals surface area (Å²) in [7, 11) is 0. The third-order valence-electron chi connectivity index (χ3n) is 2.09. The van der Waals surface area contributed by atoms with Gasteiger partial charge in [0.1, 0.15) is 0 Å². The lowest BCUT2D eigenvalue weighted by atomic mass is 10.1. The van der Waals surface area contributed by atoms with E-state index in [1.807, 2.05) is 24.3 Å². The van der Waals surface area contributed by atoms with E-state index in [1.54, 1.807) is 0 Å². The molecule has 0 aliphatic heterocycles. The molecule has 0 atom stereocenters. The smallest absolute Gasteiger partial charge is 0.169 e. The van der Waals surface area contributed by atoms with Crippen LogP contribution >= 0.6 is 0 Å². The maximum atomic E-state index is 5.86. The van der Waals surface area contributed by atoms with Gasteiger partial charge in [-0.3, -0.25) is 0 Å². The molecule has 0 unspecified atom stereocenters. The second-order valence-electron chi connectivity index (χ2n) is 4.82. The van der Waals surface area contributed by atoms with E-state index < -0.39 is 0 Å². The average Bonchev–Trinajstić information content (AvgIpc) is 2.17. The van der Waals surface area contributed by atoms with E-state index in [2.05, 4.69) is 36.1 Å². The highest BCUT2D eigenvalue weighted by molar-refractivity contribution is 5.79. The van der Waals surface area contributed by atoms with Crippen molar-refractivity contribution in [3.8, 4) is 0 Å². The van der Waals surface area contributed by atoms with Crippen LogP contribution < -0.4 is 11.1 Å². The predicted molar refractivity (Wildman–Crippen MR) is 67.3 cm³/mol. The van der Waals surface area contributed by atoms with Crippen LogP contribution in [-0.2, 0) is 0 Å². The molecule has 0 bridgehead atoms. The van der Waals surface area contributed by atoms with E-state index in [9.17, 15) is 0 Å². The topological polar surface area (TPSA) is 63.8 Å². The molecule has 3 N–H and O–H groups in total. The van der Waals surface area contributed by atoms with Gasteiger partial charge in [-0.05, 0) is 32.9 Å². The van der Waals surface area contributed by atoms with Crippen LogP contribution in [0.2, 0.25) is 0 Å². The van der Waals surface area contributed by atoms with Crippen molar-refractivity contribution in [2.75, 3.05) is 11.1 Å². The standard InChI is InChI=1S/C12H16N4/c1-12(2,3)16-11-10(13)14-8-6-4-5-7-9(8)15-11/h4-7H,1-3H3,(H2,13,14)(H,15,16). The van der Waals surface area contributed by atoms with Gasteiger partial charge in [0, 0.05) is 5.54 Å². The number of nitrogens with one attached hydrogen (secondary N) is 1. The SMILES string of the molecule is CC(C)(C)Nc1nc2ccccc2nc1N. The Labute approximate surface area is 94.9 Å².